The van der Waals surface area contributed by atoms with Crippen molar-refractivity contribution in [1.82, 2.24) is 15.0 Å². The monoisotopic (exact) mass is 267 g/mol. The second-order valence-corrected chi connectivity index (χ2v) is 4.44. The molecule has 7 nitrogen and oxygen atoms in total. The van der Waals surface area contributed by atoms with Crippen LogP contribution in [0.25, 0.3) is 0 Å². The van der Waals surface area contributed by atoms with Gasteiger partial charge in [-0.3, -0.25) is 9.59 Å². The largest absolute Gasteiger partial charge is 0.375 e. The van der Waals surface area contributed by atoms with Crippen LogP contribution in [0.5, 0.6) is 0 Å². The van der Waals surface area contributed by atoms with E-state index in [1.54, 1.807) is 22.8 Å². The molecule has 0 radical (unpaired) electrons. The number of amides is 2. The third-order valence-corrected chi connectivity index (χ3v) is 3.03. The molecule has 2 rings (SSSR count). The van der Waals surface area contributed by atoms with Gasteiger partial charge in [0, 0.05) is 39.4 Å². The van der Waals surface area contributed by atoms with E-state index in [4.69, 9.17) is 9.26 Å². The molecular weight excluding hydrogens is 250 g/mol. The molecule has 1 saturated heterocycles. The lowest BCUT2D eigenvalue weighted by Gasteiger charge is -2.34. The van der Waals surface area contributed by atoms with Crippen molar-refractivity contribution in [1.29, 1.82) is 0 Å². The predicted molar refractivity (Wildman–Crippen MR) is 65.6 cm³/mol. The van der Waals surface area contributed by atoms with Crippen LogP contribution in [0.3, 0.4) is 0 Å². The van der Waals surface area contributed by atoms with Crippen LogP contribution in [0.15, 0.2) is 10.6 Å². The molecule has 1 aromatic heterocycles. The number of carbonyl (C=O) groups excluding carboxylic acids is 2. The molecule has 0 aromatic carbocycles. The maximum Gasteiger partial charge on any atom is 0.292 e. The summed E-state index contributed by atoms with van der Waals surface area (Å²) in [6, 6.07) is 1.62. The van der Waals surface area contributed by atoms with E-state index in [1.165, 1.54) is 7.11 Å². The first-order valence-electron chi connectivity index (χ1n) is 6.11. The number of hydrogen-bond acceptors (Lipinski definition) is 5. The highest BCUT2D eigenvalue weighted by atomic mass is 16.5. The van der Waals surface area contributed by atoms with Crippen molar-refractivity contribution < 1.29 is 18.8 Å². The van der Waals surface area contributed by atoms with Crippen molar-refractivity contribution in [3.8, 4) is 0 Å². The first kappa shape index (κ1) is 13.5. The fourth-order valence-electron chi connectivity index (χ4n) is 1.99. The molecule has 1 aliphatic rings. The highest BCUT2D eigenvalue weighted by Crippen LogP contribution is 2.10. The number of piperazine rings is 1. The van der Waals surface area contributed by atoms with Gasteiger partial charge in [0.25, 0.3) is 5.91 Å². The summed E-state index contributed by atoms with van der Waals surface area (Å²) in [6.07, 6.45) is 0. The number of rotatable bonds is 3. The van der Waals surface area contributed by atoms with E-state index in [-0.39, 0.29) is 24.2 Å². The average Bonchev–Trinajstić information content (AvgIpc) is 2.85. The Bertz CT molecular complexity index is 463. The molecular formula is C12H17N3O4. The molecule has 0 saturated carbocycles. The number of carbonyl (C=O) groups is 2. The number of ether oxygens (including phenoxy) is 1. The third-order valence-electron chi connectivity index (χ3n) is 3.03. The van der Waals surface area contributed by atoms with Crippen molar-refractivity contribution in [3.05, 3.63) is 17.5 Å². The molecule has 0 atom stereocenters. The molecule has 1 aliphatic heterocycles. The minimum atomic E-state index is -0.181. The smallest absolute Gasteiger partial charge is 0.292 e. The molecule has 19 heavy (non-hydrogen) atoms. The zero-order chi connectivity index (χ0) is 13.8. The van der Waals surface area contributed by atoms with Crippen LogP contribution in [-0.4, -0.2) is 66.7 Å². The van der Waals surface area contributed by atoms with Crippen molar-refractivity contribution in [2.75, 3.05) is 39.9 Å². The number of aryl methyl sites for hydroxylation is 1. The third kappa shape index (κ3) is 3.11. The van der Waals surface area contributed by atoms with Crippen LogP contribution in [0.4, 0.5) is 0 Å². The molecule has 7 heteroatoms. The van der Waals surface area contributed by atoms with Crippen molar-refractivity contribution in [2.45, 2.75) is 6.92 Å². The van der Waals surface area contributed by atoms with Gasteiger partial charge in [0.15, 0.2) is 0 Å². The Morgan fingerprint density at radius 1 is 1.32 bits per heavy atom. The van der Waals surface area contributed by atoms with Gasteiger partial charge in [0.2, 0.25) is 11.7 Å². The summed E-state index contributed by atoms with van der Waals surface area (Å²) in [6.45, 7) is 3.86. The van der Waals surface area contributed by atoms with Crippen LogP contribution in [0, 0.1) is 6.92 Å². The van der Waals surface area contributed by atoms with Gasteiger partial charge in [-0.25, -0.2) is 0 Å². The highest BCUT2D eigenvalue weighted by molar-refractivity contribution is 5.91. The quantitative estimate of drug-likeness (QED) is 0.765. The molecule has 0 N–H and O–H groups in total. The normalized spacial score (nSPS) is 15.7. The maximum atomic E-state index is 12.1. The van der Waals surface area contributed by atoms with Gasteiger partial charge in [-0.1, -0.05) is 5.16 Å². The Morgan fingerprint density at radius 3 is 2.47 bits per heavy atom. The summed E-state index contributed by atoms with van der Waals surface area (Å²) in [5.41, 5.74) is 0.678. The number of methoxy groups -OCH3 is 1. The van der Waals surface area contributed by atoms with Gasteiger partial charge in [0.1, 0.15) is 6.61 Å². The van der Waals surface area contributed by atoms with E-state index >= 15 is 0 Å². The highest BCUT2D eigenvalue weighted by Gasteiger charge is 2.26. The Morgan fingerprint density at radius 2 is 1.95 bits per heavy atom. The van der Waals surface area contributed by atoms with Crippen LogP contribution in [0.2, 0.25) is 0 Å². The minimum Gasteiger partial charge on any atom is -0.375 e. The van der Waals surface area contributed by atoms with Gasteiger partial charge in [-0.15, -0.1) is 0 Å². The van der Waals surface area contributed by atoms with Gasteiger partial charge in [-0.05, 0) is 6.92 Å². The minimum absolute atomic E-state index is 0.0508. The van der Waals surface area contributed by atoms with Crippen molar-refractivity contribution in [2.24, 2.45) is 0 Å². The topological polar surface area (TPSA) is 75.9 Å². The second kappa shape index (κ2) is 5.83. The van der Waals surface area contributed by atoms with Gasteiger partial charge in [0.05, 0.1) is 5.69 Å². The summed E-state index contributed by atoms with van der Waals surface area (Å²) in [4.78, 5) is 27.1. The zero-order valence-electron chi connectivity index (χ0n) is 11.1. The van der Waals surface area contributed by atoms with Gasteiger partial charge < -0.3 is 19.1 Å². The summed E-state index contributed by atoms with van der Waals surface area (Å²) in [7, 11) is 1.49. The van der Waals surface area contributed by atoms with Crippen LogP contribution >= 0.6 is 0 Å². The number of hydrogen-bond donors (Lipinski definition) is 0. The van der Waals surface area contributed by atoms with E-state index < -0.39 is 0 Å². The van der Waals surface area contributed by atoms with Crippen LogP contribution in [-0.2, 0) is 9.53 Å². The zero-order valence-corrected chi connectivity index (χ0v) is 11.1. The van der Waals surface area contributed by atoms with Crippen LogP contribution in [0.1, 0.15) is 16.2 Å². The molecule has 0 spiro atoms. The van der Waals surface area contributed by atoms with E-state index in [9.17, 15) is 9.59 Å². The fourth-order valence-corrected chi connectivity index (χ4v) is 1.99. The SMILES string of the molecule is COCC(=O)N1CCN(C(=O)c2cc(C)no2)CC1. The molecule has 2 heterocycles. The number of aromatic nitrogens is 1. The van der Waals surface area contributed by atoms with E-state index in [1.807, 2.05) is 0 Å². The molecule has 0 aliphatic carbocycles. The van der Waals surface area contributed by atoms with Crippen molar-refractivity contribution in [3.63, 3.8) is 0 Å². The maximum absolute atomic E-state index is 12.1. The van der Waals surface area contributed by atoms with E-state index in [2.05, 4.69) is 5.16 Å². The lowest BCUT2D eigenvalue weighted by atomic mass is 10.2. The fraction of sp³-hybridized carbons (Fsp3) is 0.583. The van der Waals surface area contributed by atoms with Crippen molar-refractivity contribution >= 4 is 11.8 Å². The van der Waals surface area contributed by atoms with Gasteiger partial charge in [-0.2, -0.15) is 0 Å². The lowest BCUT2D eigenvalue weighted by molar-refractivity contribution is -0.136. The first-order valence-corrected chi connectivity index (χ1v) is 6.11. The molecule has 1 fully saturated rings. The second-order valence-electron chi connectivity index (χ2n) is 4.44. The molecule has 2 amide bonds. The van der Waals surface area contributed by atoms with E-state index in [0.717, 1.165) is 0 Å². The summed E-state index contributed by atoms with van der Waals surface area (Å²) in [5.74, 6) is 0.0127. The molecule has 104 valence electrons. The Hall–Kier alpha value is -1.89. The Kier molecular flexibility index (Phi) is 4.16. The standard InChI is InChI=1S/C12H17N3O4/c1-9-7-10(19-13-9)12(17)15-5-3-14(4-6-15)11(16)8-18-2/h7H,3-6,8H2,1-2H3. The number of nitrogens with zero attached hydrogens (tertiary/aromatic N) is 3. The molecule has 0 unspecified atom stereocenters. The average molecular weight is 267 g/mol. The Balaban J connectivity index is 1.89. The molecule has 1 aromatic rings. The Labute approximate surface area is 111 Å². The summed E-state index contributed by atoms with van der Waals surface area (Å²) >= 11 is 0. The molecule has 0 bridgehead atoms. The van der Waals surface area contributed by atoms with Crippen LogP contribution < -0.4 is 0 Å². The first-order chi connectivity index (χ1) is 9.11. The lowest BCUT2D eigenvalue weighted by Crippen LogP contribution is -2.51. The summed E-state index contributed by atoms with van der Waals surface area (Å²) in [5, 5.41) is 3.70. The van der Waals surface area contributed by atoms with E-state index in [0.29, 0.717) is 31.9 Å². The summed E-state index contributed by atoms with van der Waals surface area (Å²) < 4.78 is 9.76. The predicted octanol–water partition coefficient (Wildman–Crippen LogP) is -0.0862. The van der Waals surface area contributed by atoms with Gasteiger partial charge >= 0.3 is 0 Å².